The van der Waals surface area contributed by atoms with Crippen LogP contribution in [0, 0.1) is 0 Å². The SMILES string of the molecule is NS(=O)(=O)c1ccc(CCNC(=O)CCCc2ccc(N(CCCl)CCCl)cc2)cc1. The van der Waals surface area contributed by atoms with Gasteiger partial charge in [0, 0.05) is 43.5 Å². The molecule has 0 bridgehead atoms. The van der Waals surface area contributed by atoms with E-state index in [1.54, 1.807) is 12.1 Å². The van der Waals surface area contributed by atoms with Crippen LogP contribution in [0.25, 0.3) is 0 Å². The van der Waals surface area contributed by atoms with E-state index in [-0.39, 0.29) is 10.8 Å². The van der Waals surface area contributed by atoms with Gasteiger partial charge in [0.15, 0.2) is 0 Å². The smallest absolute Gasteiger partial charge is 0.238 e. The molecule has 0 aromatic heterocycles. The first kappa shape index (κ1) is 25.5. The van der Waals surface area contributed by atoms with Gasteiger partial charge >= 0.3 is 0 Å². The molecule has 6 nitrogen and oxygen atoms in total. The standard InChI is InChI=1S/C22H29Cl2N3O3S/c23-13-16-27(17-14-24)20-8-4-18(5-9-20)2-1-3-22(28)26-15-12-19-6-10-21(11-7-19)31(25,29)30/h4-11H,1-3,12-17H2,(H,26,28)(H2,25,29,30). The van der Waals surface area contributed by atoms with Crippen LogP contribution < -0.4 is 15.4 Å². The third-order valence-electron chi connectivity index (χ3n) is 4.87. The number of carbonyl (C=O) groups is 1. The van der Waals surface area contributed by atoms with E-state index in [0.717, 1.165) is 37.2 Å². The first-order chi connectivity index (χ1) is 14.8. The Morgan fingerprint density at radius 1 is 0.903 bits per heavy atom. The summed E-state index contributed by atoms with van der Waals surface area (Å²) in [6.07, 6.45) is 2.67. The van der Waals surface area contributed by atoms with Gasteiger partial charge in [-0.25, -0.2) is 13.6 Å². The molecule has 0 spiro atoms. The van der Waals surface area contributed by atoms with Gasteiger partial charge in [0.05, 0.1) is 4.90 Å². The van der Waals surface area contributed by atoms with Gasteiger partial charge in [-0.2, -0.15) is 0 Å². The van der Waals surface area contributed by atoms with Crippen LogP contribution >= 0.6 is 23.2 Å². The second-order valence-corrected chi connectivity index (χ2v) is 9.49. The monoisotopic (exact) mass is 485 g/mol. The Hall–Kier alpha value is -1.80. The summed E-state index contributed by atoms with van der Waals surface area (Å²) in [6, 6.07) is 14.6. The summed E-state index contributed by atoms with van der Waals surface area (Å²) in [7, 11) is -3.68. The van der Waals surface area contributed by atoms with Crippen molar-refractivity contribution < 1.29 is 13.2 Å². The van der Waals surface area contributed by atoms with Crippen molar-refractivity contribution in [3.8, 4) is 0 Å². The average molecular weight is 486 g/mol. The van der Waals surface area contributed by atoms with Gasteiger partial charge in [0.25, 0.3) is 0 Å². The lowest BCUT2D eigenvalue weighted by Gasteiger charge is -2.23. The summed E-state index contributed by atoms with van der Waals surface area (Å²) >= 11 is 11.7. The Labute approximate surface area is 194 Å². The molecule has 9 heteroatoms. The van der Waals surface area contributed by atoms with Crippen molar-refractivity contribution >= 4 is 44.8 Å². The molecule has 0 fully saturated rings. The number of anilines is 1. The fourth-order valence-corrected chi connectivity index (χ4v) is 4.10. The Kier molecular flexibility index (Phi) is 10.6. The van der Waals surface area contributed by atoms with Crippen LogP contribution in [0.15, 0.2) is 53.4 Å². The highest BCUT2D eigenvalue weighted by Gasteiger charge is 2.08. The van der Waals surface area contributed by atoms with Gasteiger partial charge in [-0.05, 0) is 54.7 Å². The summed E-state index contributed by atoms with van der Waals surface area (Å²) in [5, 5.41) is 7.98. The van der Waals surface area contributed by atoms with Gasteiger partial charge in [-0.3, -0.25) is 4.79 Å². The number of nitrogens with one attached hydrogen (secondary N) is 1. The number of sulfonamides is 1. The highest BCUT2D eigenvalue weighted by Crippen LogP contribution is 2.17. The lowest BCUT2D eigenvalue weighted by molar-refractivity contribution is -0.121. The Bertz CT molecular complexity index is 914. The van der Waals surface area contributed by atoms with Crippen LogP contribution in [-0.4, -0.2) is 45.7 Å². The summed E-state index contributed by atoms with van der Waals surface area (Å²) in [5.74, 6) is 1.11. The van der Waals surface area contributed by atoms with Crippen molar-refractivity contribution in [1.82, 2.24) is 5.32 Å². The zero-order chi connectivity index (χ0) is 22.7. The molecule has 0 unspecified atom stereocenters. The summed E-state index contributed by atoms with van der Waals surface area (Å²) in [6.45, 7) is 2.01. The molecule has 0 aliphatic rings. The second-order valence-electron chi connectivity index (χ2n) is 7.17. The lowest BCUT2D eigenvalue weighted by Crippen LogP contribution is -2.27. The van der Waals surface area contributed by atoms with Crippen LogP contribution in [-0.2, 0) is 27.7 Å². The van der Waals surface area contributed by atoms with Crippen LogP contribution in [0.3, 0.4) is 0 Å². The fourth-order valence-electron chi connectivity index (χ4n) is 3.18. The molecule has 2 aromatic carbocycles. The van der Waals surface area contributed by atoms with Crippen molar-refractivity contribution in [3.05, 3.63) is 59.7 Å². The van der Waals surface area contributed by atoms with Crippen molar-refractivity contribution in [1.29, 1.82) is 0 Å². The number of alkyl halides is 2. The predicted octanol–water partition coefficient (Wildman–Crippen LogP) is 3.30. The summed E-state index contributed by atoms with van der Waals surface area (Å²) < 4.78 is 22.5. The highest BCUT2D eigenvalue weighted by molar-refractivity contribution is 7.89. The molecule has 1 amide bonds. The van der Waals surface area contributed by atoms with Gasteiger partial charge in [0.1, 0.15) is 0 Å². The largest absolute Gasteiger partial charge is 0.369 e. The molecule has 170 valence electrons. The normalized spacial score (nSPS) is 11.3. The number of primary sulfonamides is 1. The van der Waals surface area contributed by atoms with Crippen molar-refractivity contribution in [3.63, 3.8) is 0 Å². The van der Waals surface area contributed by atoms with Crippen LogP contribution in [0.2, 0.25) is 0 Å². The van der Waals surface area contributed by atoms with Gasteiger partial charge in [0.2, 0.25) is 15.9 Å². The van der Waals surface area contributed by atoms with Crippen molar-refractivity contribution in [2.24, 2.45) is 5.14 Å². The molecule has 0 saturated carbocycles. The van der Waals surface area contributed by atoms with Gasteiger partial charge in [-0.15, -0.1) is 23.2 Å². The maximum Gasteiger partial charge on any atom is 0.238 e. The minimum absolute atomic E-state index is 0.00757. The molecule has 31 heavy (non-hydrogen) atoms. The van der Waals surface area contributed by atoms with E-state index in [1.165, 1.54) is 17.7 Å². The number of amides is 1. The number of hydrogen-bond acceptors (Lipinski definition) is 4. The number of benzene rings is 2. The average Bonchev–Trinajstić information content (AvgIpc) is 2.74. The first-order valence-corrected chi connectivity index (χ1v) is 12.8. The zero-order valence-electron chi connectivity index (χ0n) is 17.4. The minimum atomic E-state index is -3.68. The van der Waals surface area contributed by atoms with E-state index < -0.39 is 10.0 Å². The van der Waals surface area contributed by atoms with Crippen LogP contribution in [0.1, 0.15) is 24.0 Å². The third-order valence-corrected chi connectivity index (χ3v) is 6.13. The Balaban J connectivity index is 1.69. The molecule has 0 aliphatic carbocycles. The van der Waals surface area contributed by atoms with Crippen molar-refractivity contribution in [2.75, 3.05) is 36.3 Å². The lowest BCUT2D eigenvalue weighted by atomic mass is 10.1. The van der Waals surface area contributed by atoms with Crippen LogP contribution in [0.5, 0.6) is 0 Å². The van der Waals surface area contributed by atoms with Gasteiger partial charge < -0.3 is 10.2 Å². The Morgan fingerprint density at radius 2 is 1.45 bits per heavy atom. The van der Waals surface area contributed by atoms with Crippen LogP contribution in [0.4, 0.5) is 5.69 Å². The number of halogens is 2. The highest BCUT2D eigenvalue weighted by atomic mass is 35.5. The molecule has 2 rings (SSSR count). The van der Waals surface area contributed by atoms with E-state index in [1.807, 2.05) is 0 Å². The number of rotatable bonds is 13. The summed E-state index contributed by atoms with van der Waals surface area (Å²) in [4.78, 5) is 14.3. The summed E-state index contributed by atoms with van der Waals surface area (Å²) in [5.41, 5.74) is 3.22. The maximum atomic E-state index is 12.1. The van der Waals surface area contributed by atoms with E-state index >= 15 is 0 Å². The number of carbonyl (C=O) groups excluding carboxylic acids is 1. The molecule has 0 radical (unpaired) electrons. The molecular formula is C22H29Cl2N3O3S. The molecule has 2 aromatic rings. The quantitative estimate of drug-likeness (QED) is 0.425. The number of hydrogen-bond donors (Lipinski definition) is 2. The van der Waals surface area contributed by atoms with E-state index in [2.05, 4.69) is 34.5 Å². The number of nitrogens with zero attached hydrogens (tertiary/aromatic N) is 1. The molecular weight excluding hydrogens is 457 g/mol. The minimum Gasteiger partial charge on any atom is -0.369 e. The maximum absolute atomic E-state index is 12.1. The van der Waals surface area contributed by atoms with E-state index in [0.29, 0.717) is 31.1 Å². The molecule has 0 heterocycles. The molecule has 0 atom stereocenters. The second kappa shape index (κ2) is 12.9. The third kappa shape index (κ3) is 9.07. The number of aryl methyl sites for hydroxylation is 1. The van der Waals surface area contributed by atoms with E-state index in [9.17, 15) is 13.2 Å². The van der Waals surface area contributed by atoms with Gasteiger partial charge in [-0.1, -0.05) is 24.3 Å². The zero-order valence-corrected chi connectivity index (χ0v) is 19.7. The topological polar surface area (TPSA) is 92.5 Å². The molecule has 3 N–H and O–H groups in total. The molecule has 0 aliphatic heterocycles. The first-order valence-electron chi connectivity index (χ1n) is 10.2. The molecule has 0 saturated heterocycles. The van der Waals surface area contributed by atoms with Crippen molar-refractivity contribution in [2.45, 2.75) is 30.6 Å². The number of nitrogens with two attached hydrogens (primary N) is 1. The Morgan fingerprint density at radius 3 is 2.00 bits per heavy atom. The van der Waals surface area contributed by atoms with E-state index in [4.69, 9.17) is 28.3 Å². The predicted molar refractivity (Wildman–Crippen MR) is 128 cm³/mol. The fraction of sp³-hybridized carbons (Fsp3) is 0.409.